The van der Waals surface area contributed by atoms with Gasteiger partial charge in [0.1, 0.15) is 12.6 Å². The summed E-state index contributed by atoms with van der Waals surface area (Å²) in [5, 5.41) is 3.62. The van der Waals surface area contributed by atoms with Crippen LogP contribution >= 0.6 is 23.2 Å². The Balaban J connectivity index is 2.03. The van der Waals surface area contributed by atoms with Gasteiger partial charge in [-0.25, -0.2) is 8.42 Å². The molecule has 0 saturated heterocycles. The van der Waals surface area contributed by atoms with E-state index < -0.39 is 28.5 Å². The molecule has 1 N–H and O–H groups in total. The fourth-order valence-electron chi connectivity index (χ4n) is 3.82. The minimum atomic E-state index is -4.16. The van der Waals surface area contributed by atoms with Gasteiger partial charge in [-0.2, -0.15) is 0 Å². The molecule has 202 valence electrons. The third-order valence-corrected chi connectivity index (χ3v) is 8.08. The maximum Gasteiger partial charge on any atom is 0.264 e. The number of aryl methyl sites for hydroxylation is 1. The second-order valence-corrected chi connectivity index (χ2v) is 12.0. The predicted octanol–water partition coefficient (Wildman–Crippen LogP) is 5.44. The fourth-order valence-corrected chi connectivity index (χ4v) is 5.62. The van der Waals surface area contributed by atoms with Crippen LogP contribution in [0.2, 0.25) is 10.0 Å². The lowest BCUT2D eigenvalue weighted by Crippen LogP contribution is -2.52. The summed E-state index contributed by atoms with van der Waals surface area (Å²) in [6.45, 7) is 6.62. The summed E-state index contributed by atoms with van der Waals surface area (Å²) < 4.78 is 28.6. The van der Waals surface area contributed by atoms with Crippen molar-refractivity contribution in [3.05, 3.63) is 94.0 Å². The number of rotatable bonds is 10. The molecular formula is C28H31Cl2N3O4S. The number of amides is 2. The Morgan fingerprint density at radius 2 is 1.50 bits per heavy atom. The van der Waals surface area contributed by atoms with Crippen LogP contribution in [0.25, 0.3) is 0 Å². The van der Waals surface area contributed by atoms with E-state index in [9.17, 15) is 18.0 Å². The van der Waals surface area contributed by atoms with E-state index in [0.717, 1.165) is 9.87 Å². The normalized spacial score (nSPS) is 12.2. The number of nitrogens with one attached hydrogen (secondary N) is 1. The van der Waals surface area contributed by atoms with Gasteiger partial charge in [-0.05, 0) is 75.7 Å². The van der Waals surface area contributed by atoms with E-state index in [1.165, 1.54) is 23.1 Å². The summed E-state index contributed by atoms with van der Waals surface area (Å²) in [4.78, 5) is 28.1. The number of sulfonamides is 1. The molecule has 0 radical (unpaired) electrons. The number of halogens is 2. The van der Waals surface area contributed by atoms with Gasteiger partial charge in [0.05, 0.1) is 10.6 Å². The van der Waals surface area contributed by atoms with E-state index in [0.29, 0.717) is 15.6 Å². The van der Waals surface area contributed by atoms with Gasteiger partial charge in [-0.3, -0.25) is 13.9 Å². The first-order chi connectivity index (χ1) is 17.9. The number of benzene rings is 3. The van der Waals surface area contributed by atoms with E-state index in [4.69, 9.17) is 23.2 Å². The average molecular weight is 577 g/mol. The van der Waals surface area contributed by atoms with Crippen molar-refractivity contribution in [1.82, 2.24) is 10.2 Å². The van der Waals surface area contributed by atoms with E-state index in [2.05, 4.69) is 5.32 Å². The molecule has 0 aromatic heterocycles. The van der Waals surface area contributed by atoms with Crippen molar-refractivity contribution in [3.8, 4) is 0 Å². The van der Waals surface area contributed by atoms with Crippen LogP contribution < -0.4 is 9.62 Å². The predicted molar refractivity (Wildman–Crippen MR) is 152 cm³/mol. The summed E-state index contributed by atoms with van der Waals surface area (Å²) >= 11 is 12.3. The highest BCUT2D eigenvalue weighted by Crippen LogP contribution is 2.27. The zero-order chi connectivity index (χ0) is 28.0. The Kier molecular flexibility index (Phi) is 9.82. The van der Waals surface area contributed by atoms with Crippen LogP contribution in [0.3, 0.4) is 0 Å². The van der Waals surface area contributed by atoms with E-state index in [1.54, 1.807) is 61.5 Å². The lowest BCUT2D eigenvalue weighted by Gasteiger charge is -2.32. The number of carbonyl (C=O) groups excluding carboxylic acids is 2. The molecule has 3 rings (SSSR count). The van der Waals surface area contributed by atoms with Crippen LogP contribution in [0, 0.1) is 6.92 Å². The Morgan fingerprint density at radius 1 is 0.895 bits per heavy atom. The quantitative estimate of drug-likeness (QED) is 0.348. The van der Waals surface area contributed by atoms with Gasteiger partial charge in [0.15, 0.2) is 0 Å². The van der Waals surface area contributed by atoms with E-state index in [-0.39, 0.29) is 29.1 Å². The largest absolute Gasteiger partial charge is 0.352 e. The highest BCUT2D eigenvalue weighted by molar-refractivity contribution is 7.92. The summed E-state index contributed by atoms with van der Waals surface area (Å²) in [6.07, 6.45) is 0. The SMILES string of the molecule is Cc1ccc(S(=O)(=O)N(CC(=O)N(Cc2cccc(Cl)c2)[C@@H](C)C(=O)NC(C)C)c2cccc(Cl)c2)cc1. The molecule has 38 heavy (non-hydrogen) atoms. The molecular weight excluding hydrogens is 545 g/mol. The maximum atomic E-state index is 13.8. The molecule has 3 aromatic rings. The van der Waals surface area contributed by atoms with Crippen molar-refractivity contribution in [2.75, 3.05) is 10.8 Å². The van der Waals surface area contributed by atoms with Gasteiger partial charge in [0.2, 0.25) is 11.8 Å². The average Bonchev–Trinajstić information content (AvgIpc) is 2.85. The second kappa shape index (κ2) is 12.7. The van der Waals surface area contributed by atoms with Crippen LogP contribution in [0.1, 0.15) is 31.9 Å². The molecule has 0 heterocycles. The molecule has 0 aliphatic carbocycles. The number of carbonyl (C=O) groups is 2. The lowest BCUT2D eigenvalue weighted by atomic mass is 10.1. The van der Waals surface area contributed by atoms with Gasteiger partial charge in [0.25, 0.3) is 10.0 Å². The summed E-state index contributed by atoms with van der Waals surface area (Å²) in [7, 11) is -4.16. The third-order valence-electron chi connectivity index (χ3n) is 5.82. The van der Waals surface area contributed by atoms with Crippen LogP contribution in [-0.4, -0.2) is 43.8 Å². The molecule has 7 nitrogen and oxygen atoms in total. The van der Waals surface area contributed by atoms with Crippen molar-refractivity contribution in [2.24, 2.45) is 0 Å². The first kappa shape index (κ1) is 29.5. The molecule has 0 aliphatic heterocycles. The van der Waals surface area contributed by atoms with Crippen molar-refractivity contribution >= 4 is 50.7 Å². The lowest BCUT2D eigenvalue weighted by molar-refractivity contribution is -0.139. The van der Waals surface area contributed by atoms with Crippen molar-refractivity contribution in [2.45, 2.75) is 51.2 Å². The van der Waals surface area contributed by atoms with Crippen LogP contribution in [0.4, 0.5) is 5.69 Å². The Labute approximate surface area is 234 Å². The fraction of sp³-hybridized carbons (Fsp3) is 0.286. The maximum absolute atomic E-state index is 13.8. The minimum Gasteiger partial charge on any atom is -0.352 e. The smallest absolute Gasteiger partial charge is 0.264 e. The first-order valence-electron chi connectivity index (χ1n) is 12.1. The van der Waals surface area contributed by atoms with Gasteiger partial charge >= 0.3 is 0 Å². The highest BCUT2D eigenvalue weighted by atomic mass is 35.5. The van der Waals surface area contributed by atoms with Crippen LogP contribution in [0.15, 0.2) is 77.7 Å². The number of hydrogen-bond acceptors (Lipinski definition) is 4. The second-order valence-electron chi connectivity index (χ2n) is 9.30. The molecule has 0 unspecified atom stereocenters. The summed E-state index contributed by atoms with van der Waals surface area (Å²) in [6, 6.07) is 18.6. The Hall–Kier alpha value is -3.07. The minimum absolute atomic E-state index is 0.0304. The molecule has 0 spiro atoms. The van der Waals surface area contributed by atoms with Crippen molar-refractivity contribution in [3.63, 3.8) is 0 Å². The van der Waals surface area contributed by atoms with Gasteiger partial charge in [-0.1, -0.05) is 59.1 Å². The van der Waals surface area contributed by atoms with Gasteiger partial charge in [-0.15, -0.1) is 0 Å². The number of anilines is 1. The molecule has 2 amide bonds. The Morgan fingerprint density at radius 3 is 2.08 bits per heavy atom. The van der Waals surface area contributed by atoms with Gasteiger partial charge in [0, 0.05) is 22.6 Å². The number of hydrogen-bond donors (Lipinski definition) is 1. The topological polar surface area (TPSA) is 86.8 Å². The molecule has 0 bridgehead atoms. The molecule has 1 atom stereocenters. The summed E-state index contributed by atoms with van der Waals surface area (Å²) in [5.41, 5.74) is 1.83. The molecule has 0 aliphatic rings. The zero-order valence-corrected chi connectivity index (χ0v) is 24.0. The molecule has 3 aromatic carbocycles. The number of nitrogens with zero attached hydrogens (tertiary/aromatic N) is 2. The van der Waals surface area contributed by atoms with Gasteiger partial charge < -0.3 is 10.2 Å². The Bertz CT molecular complexity index is 1400. The van der Waals surface area contributed by atoms with Crippen LogP contribution in [-0.2, 0) is 26.2 Å². The molecule has 0 saturated carbocycles. The first-order valence-corrected chi connectivity index (χ1v) is 14.3. The monoisotopic (exact) mass is 575 g/mol. The highest BCUT2D eigenvalue weighted by Gasteiger charge is 2.32. The summed E-state index contributed by atoms with van der Waals surface area (Å²) in [5.74, 6) is -0.918. The standard InChI is InChI=1S/C28H31Cl2N3O4S/c1-19(2)31-28(35)21(4)32(17-22-7-5-8-23(29)15-22)27(34)18-33(25-10-6-9-24(30)16-25)38(36,37)26-13-11-20(3)12-14-26/h5-16,19,21H,17-18H2,1-4H3,(H,31,35)/t21-/m0/s1. The van der Waals surface area contributed by atoms with Crippen LogP contribution in [0.5, 0.6) is 0 Å². The molecule has 0 fully saturated rings. The van der Waals surface area contributed by atoms with Crippen molar-refractivity contribution < 1.29 is 18.0 Å². The van der Waals surface area contributed by atoms with Crippen molar-refractivity contribution in [1.29, 1.82) is 0 Å². The zero-order valence-electron chi connectivity index (χ0n) is 21.7. The van der Waals surface area contributed by atoms with E-state index >= 15 is 0 Å². The third kappa shape index (κ3) is 7.49. The van der Waals surface area contributed by atoms with E-state index in [1.807, 2.05) is 20.8 Å². The molecule has 10 heteroatoms.